The first-order valence-electron chi connectivity index (χ1n) is 19.1. The maximum Gasteiger partial charge on any atom is 0.0556 e. The van der Waals surface area contributed by atoms with E-state index in [0.29, 0.717) is 0 Å². The monoisotopic (exact) mass is 683 g/mol. The van der Waals surface area contributed by atoms with Crippen LogP contribution in [0.2, 0.25) is 0 Å². The Balaban J connectivity index is 1.43. The lowest BCUT2D eigenvalue weighted by atomic mass is 9.70. The largest absolute Gasteiger partial charge is 0.309 e. The minimum Gasteiger partial charge on any atom is -0.309 e. The van der Waals surface area contributed by atoms with E-state index in [1.165, 1.54) is 99.5 Å². The van der Waals surface area contributed by atoms with Crippen LogP contribution in [0.15, 0.2) is 146 Å². The van der Waals surface area contributed by atoms with Gasteiger partial charge < -0.3 is 4.90 Å². The maximum atomic E-state index is 2.66. The average molecular weight is 684 g/mol. The van der Waals surface area contributed by atoms with E-state index >= 15 is 0 Å². The molecule has 0 aliphatic heterocycles. The van der Waals surface area contributed by atoms with Crippen LogP contribution in [0.5, 0.6) is 0 Å². The molecule has 0 radical (unpaired) electrons. The average Bonchev–Trinajstić information content (AvgIpc) is 3.54. The number of rotatable bonds is 3. The number of hydrogen-bond donors (Lipinski definition) is 0. The van der Waals surface area contributed by atoms with Crippen molar-refractivity contribution in [1.29, 1.82) is 0 Å². The lowest BCUT2D eigenvalue weighted by molar-refractivity contribution is 0.587. The quantitative estimate of drug-likeness (QED) is 0.168. The third-order valence-corrected chi connectivity index (χ3v) is 12.4. The summed E-state index contributed by atoms with van der Waals surface area (Å²) >= 11 is 0. The number of anilines is 3. The molecule has 0 unspecified atom stereocenters. The summed E-state index contributed by atoms with van der Waals surface area (Å²) in [5, 5.41) is 7.58. The lowest BCUT2D eigenvalue weighted by Crippen LogP contribution is -2.28. The Morgan fingerprint density at radius 3 is 1.57 bits per heavy atom. The van der Waals surface area contributed by atoms with Crippen molar-refractivity contribution in [1.82, 2.24) is 0 Å². The van der Waals surface area contributed by atoms with Gasteiger partial charge in [0.2, 0.25) is 0 Å². The number of nitrogens with zero attached hydrogens (tertiary/aromatic N) is 1. The predicted octanol–water partition coefficient (Wildman–Crippen LogP) is 14.5. The Morgan fingerprint density at radius 2 is 0.943 bits per heavy atom. The second-order valence-electron chi connectivity index (χ2n) is 17.3. The predicted molar refractivity (Wildman–Crippen MR) is 227 cm³/mol. The summed E-state index contributed by atoms with van der Waals surface area (Å²) in [6.07, 6.45) is 0. The topological polar surface area (TPSA) is 3.24 Å². The minimum absolute atomic E-state index is 0.109. The molecule has 1 heteroatoms. The molecule has 0 aromatic heterocycles. The fraction of sp³-hybridized carbons (Fsp3) is 0.192. The molecule has 0 heterocycles. The van der Waals surface area contributed by atoms with Crippen LogP contribution in [0.1, 0.15) is 76.3 Å². The molecule has 0 bridgehead atoms. The number of benzene rings is 8. The van der Waals surface area contributed by atoms with Crippen LogP contribution in [-0.2, 0) is 16.2 Å². The van der Waals surface area contributed by atoms with Gasteiger partial charge in [0.25, 0.3) is 0 Å². The molecule has 0 saturated carbocycles. The van der Waals surface area contributed by atoms with Gasteiger partial charge in [0, 0.05) is 21.9 Å². The van der Waals surface area contributed by atoms with Crippen LogP contribution >= 0.6 is 0 Å². The Morgan fingerprint density at radius 1 is 0.453 bits per heavy atom. The van der Waals surface area contributed by atoms with Gasteiger partial charge in [-0.05, 0) is 101 Å². The van der Waals surface area contributed by atoms with E-state index in [0.717, 1.165) is 0 Å². The van der Waals surface area contributed by atoms with E-state index < -0.39 is 0 Å². The second kappa shape index (κ2) is 10.9. The normalized spacial score (nSPS) is 15.0. The molecule has 258 valence electrons. The third-order valence-electron chi connectivity index (χ3n) is 12.4. The highest BCUT2D eigenvalue weighted by atomic mass is 15.2. The van der Waals surface area contributed by atoms with Crippen molar-refractivity contribution < 1.29 is 0 Å². The summed E-state index contributed by atoms with van der Waals surface area (Å²) in [7, 11) is 0. The molecule has 10 rings (SSSR count). The SMILES string of the molecule is CC(C)(C)c1c2c(c(N(c3ccc4c(ccc5ccccc54)c3)c3cccc4ccccc34)c3c1-c1ccccc1C3(C)C)C(C)(C)c1ccccc1-2. The molecule has 2 aliphatic carbocycles. The van der Waals surface area contributed by atoms with Crippen LogP contribution in [-0.4, -0.2) is 0 Å². The van der Waals surface area contributed by atoms with Gasteiger partial charge in [-0.25, -0.2) is 0 Å². The summed E-state index contributed by atoms with van der Waals surface area (Å²) in [5.74, 6) is 0. The number of fused-ring (bicyclic) bond motifs is 10. The Hall–Kier alpha value is -5.66. The van der Waals surface area contributed by atoms with E-state index in [4.69, 9.17) is 0 Å². The van der Waals surface area contributed by atoms with Gasteiger partial charge in [0.1, 0.15) is 0 Å². The molecule has 0 spiro atoms. The van der Waals surface area contributed by atoms with E-state index in [2.05, 4.69) is 199 Å². The van der Waals surface area contributed by atoms with Crippen molar-refractivity contribution in [3.05, 3.63) is 173 Å². The minimum atomic E-state index is -0.253. The van der Waals surface area contributed by atoms with Gasteiger partial charge in [-0.2, -0.15) is 0 Å². The van der Waals surface area contributed by atoms with E-state index in [-0.39, 0.29) is 16.2 Å². The van der Waals surface area contributed by atoms with Gasteiger partial charge in [0.15, 0.2) is 0 Å². The highest BCUT2D eigenvalue weighted by Crippen LogP contribution is 2.66. The Kier molecular flexibility index (Phi) is 6.61. The maximum absolute atomic E-state index is 2.66. The van der Waals surface area contributed by atoms with Crippen LogP contribution in [0, 0.1) is 0 Å². The molecule has 8 aromatic rings. The highest BCUT2D eigenvalue weighted by molar-refractivity contribution is 6.11. The molecule has 53 heavy (non-hydrogen) atoms. The van der Waals surface area contributed by atoms with Crippen molar-refractivity contribution >= 4 is 49.4 Å². The van der Waals surface area contributed by atoms with Crippen molar-refractivity contribution in [2.75, 3.05) is 4.90 Å². The van der Waals surface area contributed by atoms with Crippen LogP contribution < -0.4 is 4.90 Å². The molecule has 0 amide bonds. The van der Waals surface area contributed by atoms with Crippen molar-refractivity contribution in [2.24, 2.45) is 0 Å². The zero-order valence-electron chi connectivity index (χ0n) is 31.8. The molecule has 8 aromatic carbocycles. The zero-order chi connectivity index (χ0) is 36.4. The van der Waals surface area contributed by atoms with Gasteiger partial charge in [0.05, 0.1) is 11.4 Å². The fourth-order valence-corrected chi connectivity index (χ4v) is 10.2. The third kappa shape index (κ3) is 4.37. The van der Waals surface area contributed by atoms with Crippen molar-refractivity contribution in [3.63, 3.8) is 0 Å². The zero-order valence-corrected chi connectivity index (χ0v) is 31.8. The summed E-state index contributed by atoms with van der Waals surface area (Å²) in [6.45, 7) is 17.1. The summed E-state index contributed by atoms with van der Waals surface area (Å²) < 4.78 is 0. The first-order chi connectivity index (χ1) is 25.5. The summed E-state index contributed by atoms with van der Waals surface area (Å²) in [4.78, 5) is 2.66. The standard InChI is InChI=1S/C52H45N/c1-50(2,3)46-44-39-22-12-14-24-41(39)51(4,5)47(44)49(48-45(46)40-23-13-15-25-42(40)52(48,6)7)53(43-26-16-19-32-17-9-11-21-38(32)43)35-29-30-37-34(31-35)28-27-33-18-8-10-20-36(33)37/h8-31H,1-7H3. The molecular formula is C52H45N. The van der Waals surface area contributed by atoms with Gasteiger partial charge in [-0.15, -0.1) is 0 Å². The summed E-state index contributed by atoms with van der Waals surface area (Å²) in [5.41, 5.74) is 15.8. The first kappa shape index (κ1) is 32.0. The van der Waals surface area contributed by atoms with Gasteiger partial charge >= 0.3 is 0 Å². The Bertz CT molecular complexity index is 2730. The molecule has 1 nitrogen and oxygen atoms in total. The Labute approximate surface area is 313 Å². The summed E-state index contributed by atoms with van der Waals surface area (Å²) in [6, 6.07) is 54.7. The molecule has 0 fully saturated rings. The van der Waals surface area contributed by atoms with Crippen LogP contribution in [0.3, 0.4) is 0 Å². The molecule has 2 aliphatic rings. The first-order valence-corrected chi connectivity index (χ1v) is 19.1. The molecule has 0 saturated heterocycles. The molecule has 0 N–H and O–H groups in total. The number of hydrogen-bond acceptors (Lipinski definition) is 1. The fourth-order valence-electron chi connectivity index (χ4n) is 10.2. The van der Waals surface area contributed by atoms with Crippen LogP contribution in [0.25, 0.3) is 54.6 Å². The van der Waals surface area contributed by atoms with Crippen LogP contribution in [0.4, 0.5) is 17.1 Å². The van der Waals surface area contributed by atoms with E-state index in [1.54, 1.807) is 0 Å². The molecular weight excluding hydrogens is 639 g/mol. The van der Waals surface area contributed by atoms with E-state index in [1.807, 2.05) is 0 Å². The molecule has 0 atom stereocenters. The van der Waals surface area contributed by atoms with Crippen molar-refractivity contribution in [2.45, 2.75) is 64.7 Å². The van der Waals surface area contributed by atoms with Crippen molar-refractivity contribution in [3.8, 4) is 22.3 Å². The highest BCUT2D eigenvalue weighted by Gasteiger charge is 2.50. The van der Waals surface area contributed by atoms with Gasteiger partial charge in [-0.1, -0.05) is 176 Å². The lowest BCUT2D eigenvalue weighted by Gasteiger charge is -2.39. The smallest absolute Gasteiger partial charge is 0.0556 e. The second-order valence-corrected chi connectivity index (χ2v) is 17.3. The van der Waals surface area contributed by atoms with Gasteiger partial charge in [-0.3, -0.25) is 0 Å². The van der Waals surface area contributed by atoms with E-state index in [9.17, 15) is 0 Å².